The molecule has 0 saturated carbocycles. The Morgan fingerprint density at radius 2 is 2.43 bits per heavy atom. The average molecular weight is 172 g/mol. The first kappa shape index (κ1) is 7.04. The maximum atomic E-state index is 5.02. The molecule has 35 valence electrons. The number of rotatable bonds is 0. The maximum absolute atomic E-state index is 5.02. The largest absolute Gasteiger partial charge is 0.445 e. The van der Waals surface area contributed by atoms with Crippen LogP contribution in [0.5, 0.6) is 0 Å². The van der Waals surface area contributed by atoms with Crippen molar-refractivity contribution in [2.45, 2.75) is 0 Å². The zero-order valence-corrected chi connectivity index (χ0v) is 6.39. The van der Waals surface area contributed by atoms with E-state index in [1.54, 1.807) is 0 Å². The monoisotopic (exact) mass is 172 g/mol. The Bertz CT molecular complexity index is 113. The number of H-pyrrole nitrogens is 1. The molecule has 3 N–H and O–H groups in total. The molecule has 0 atom stereocenters. The molecule has 1 aromatic heterocycles. The fourth-order valence-corrected chi connectivity index (χ4v) is 0.186. The molecule has 0 aliphatic carbocycles. The van der Waals surface area contributed by atoms with E-state index in [1.165, 1.54) is 0 Å². The minimum Gasteiger partial charge on any atom is -0.445 e. The molecule has 0 aliphatic heterocycles. The van der Waals surface area contributed by atoms with Gasteiger partial charge in [0, 0.05) is 32.7 Å². The van der Waals surface area contributed by atoms with Gasteiger partial charge in [0.1, 0.15) is 0 Å². The van der Waals surface area contributed by atoms with Crippen molar-refractivity contribution in [1.82, 2.24) is 15.2 Å². The van der Waals surface area contributed by atoms with Crippen LogP contribution >= 0.6 is 0 Å². The van der Waals surface area contributed by atoms with E-state index in [2.05, 4.69) is 21.5 Å². The average Bonchev–Trinajstić information content (AvgIpc) is 1.86. The molecule has 0 fully saturated rings. The second kappa shape index (κ2) is 3.10. The summed E-state index contributed by atoms with van der Waals surface area (Å²) in [5.41, 5.74) is 5.02. The Morgan fingerprint density at radius 1 is 1.71 bits per heavy atom. The first-order valence-electron chi connectivity index (χ1n) is 1.43. The molecular weight excluding hydrogens is 169 g/mol. The number of nitrogen functional groups attached to an aromatic ring is 1. The van der Waals surface area contributed by atoms with E-state index in [1.807, 2.05) is 0 Å². The van der Waals surface area contributed by atoms with Crippen molar-refractivity contribution >= 4 is 5.95 Å². The van der Waals surface area contributed by atoms with Crippen LogP contribution in [0.15, 0.2) is 0 Å². The van der Waals surface area contributed by atoms with Gasteiger partial charge in [0.2, 0.25) is 0 Å². The Kier molecular flexibility index (Phi) is 3.12. The molecule has 1 aromatic rings. The standard InChI is InChI=1S/C2H3N4.Y/c3-2-4-1-5-6-2;/h(H3,3,4,5,6);/q-1;. The van der Waals surface area contributed by atoms with Crippen LogP contribution in [-0.2, 0) is 32.7 Å². The van der Waals surface area contributed by atoms with Crippen molar-refractivity contribution in [3.05, 3.63) is 6.33 Å². The third kappa shape index (κ3) is 1.99. The van der Waals surface area contributed by atoms with Crippen molar-refractivity contribution < 1.29 is 32.7 Å². The predicted molar refractivity (Wildman–Crippen MR) is 19.6 cm³/mol. The van der Waals surface area contributed by atoms with Crippen molar-refractivity contribution in [2.24, 2.45) is 0 Å². The number of aromatic amines is 1. The van der Waals surface area contributed by atoms with E-state index in [0.29, 0.717) is 5.95 Å². The molecule has 1 heterocycles. The van der Waals surface area contributed by atoms with E-state index in [-0.39, 0.29) is 32.7 Å². The van der Waals surface area contributed by atoms with Crippen LogP contribution in [0.2, 0.25) is 0 Å². The molecule has 0 bridgehead atoms. The number of aromatic nitrogens is 3. The molecule has 0 aromatic carbocycles. The topological polar surface area (TPSA) is 67.6 Å². The molecule has 5 heteroatoms. The van der Waals surface area contributed by atoms with Gasteiger partial charge in [-0.25, -0.2) is 0 Å². The smallest absolute Gasteiger partial charge is 0.0552 e. The summed E-state index contributed by atoms with van der Waals surface area (Å²) in [7, 11) is 0. The number of anilines is 1. The second-order valence-electron chi connectivity index (χ2n) is 0.821. The number of hydrogen-bond acceptors (Lipinski definition) is 3. The summed E-state index contributed by atoms with van der Waals surface area (Å²) < 4.78 is 0. The van der Waals surface area contributed by atoms with Crippen LogP contribution in [-0.4, -0.2) is 15.2 Å². The van der Waals surface area contributed by atoms with E-state index < -0.39 is 0 Å². The quantitative estimate of drug-likeness (QED) is 0.502. The van der Waals surface area contributed by atoms with Crippen LogP contribution < -0.4 is 5.73 Å². The Balaban J connectivity index is 0.000000360. The molecule has 7 heavy (non-hydrogen) atoms. The van der Waals surface area contributed by atoms with Gasteiger partial charge in [-0.15, -0.1) is 0 Å². The van der Waals surface area contributed by atoms with Gasteiger partial charge in [-0.05, 0) is 6.33 Å². The number of nitrogens with zero attached hydrogens (tertiary/aromatic N) is 2. The number of nitrogens with two attached hydrogens (primary N) is 1. The third-order valence-electron chi connectivity index (χ3n) is 0.391. The maximum Gasteiger partial charge on any atom is 0.0552 e. The molecule has 1 radical (unpaired) electrons. The van der Waals surface area contributed by atoms with Crippen molar-refractivity contribution in [2.75, 3.05) is 5.73 Å². The van der Waals surface area contributed by atoms with Crippen LogP contribution in [0.1, 0.15) is 0 Å². The number of hydrogen-bond donors (Lipinski definition) is 2. The first-order chi connectivity index (χ1) is 2.89. The predicted octanol–water partition coefficient (Wildman–Crippen LogP) is -0.815. The molecule has 4 nitrogen and oxygen atoms in total. The molecular formula is C2H3N4Y-. The fourth-order valence-electron chi connectivity index (χ4n) is 0.186. The zero-order chi connectivity index (χ0) is 4.41. The summed E-state index contributed by atoms with van der Waals surface area (Å²) in [5, 5.41) is 5.70. The Labute approximate surface area is 65.8 Å². The van der Waals surface area contributed by atoms with Gasteiger partial charge in [0.15, 0.2) is 0 Å². The molecule has 0 saturated heterocycles. The van der Waals surface area contributed by atoms with E-state index in [9.17, 15) is 0 Å². The minimum atomic E-state index is 0. The normalized spacial score (nSPS) is 7.43. The molecule has 0 unspecified atom stereocenters. The first-order valence-corrected chi connectivity index (χ1v) is 1.43. The van der Waals surface area contributed by atoms with Crippen LogP contribution in [0, 0.1) is 6.33 Å². The van der Waals surface area contributed by atoms with Gasteiger partial charge in [-0.1, -0.05) is 0 Å². The van der Waals surface area contributed by atoms with Gasteiger partial charge >= 0.3 is 0 Å². The van der Waals surface area contributed by atoms with E-state index in [0.717, 1.165) is 0 Å². The van der Waals surface area contributed by atoms with Crippen molar-refractivity contribution in [3.63, 3.8) is 0 Å². The van der Waals surface area contributed by atoms with Crippen molar-refractivity contribution in [1.29, 1.82) is 0 Å². The second-order valence-corrected chi connectivity index (χ2v) is 0.821. The molecule has 0 aliphatic rings. The summed E-state index contributed by atoms with van der Waals surface area (Å²) >= 11 is 0. The molecule has 0 spiro atoms. The third-order valence-corrected chi connectivity index (χ3v) is 0.391. The van der Waals surface area contributed by atoms with Gasteiger partial charge in [0.05, 0.1) is 5.95 Å². The van der Waals surface area contributed by atoms with Gasteiger partial charge in [0.25, 0.3) is 0 Å². The summed E-state index contributed by atoms with van der Waals surface area (Å²) in [6.07, 6.45) is 2.25. The van der Waals surface area contributed by atoms with Crippen molar-refractivity contribution in [3.8, 4) is 0 Å². The van der Waals surface area contributed by atoms with Gasteiger partial charge in [-0.2, -0.15) is 0 Å². The Hall–Kier alpha value is 0.0439. The summed E-state index contributed by atoms with van der Waals surface area (Å²) in [5.74, 6) is 0.301. The Morgan fingerprint density at radius 3 is 2.57 bits per heavy atom. The van der Waals surface area contributed by atoms with Gasteiger partial charge < -0.3 is 15.8 Å². The summed E-state index contributed by atoms with van der Waals surface area (Å²) in [6, 6.07) is 0. The van der Waals surface area contributed by atoms with Crippen LogP contribution in [0.4, 0.5) is 5.95 Å². The molecule has 1 rings (SSSR count). The van der Waals surface area contributed by atoms with Gasteiger partial charge in [-0.3, -0.25) is 5.10 Å². The SMILES string of the molecule is Nc1n[c-]n[nH]1.[Y]. The van der Waals surface area contributed by atoms with Crippen LogP contribution in [0.25, 0.3) is 0 Å². The fraction of sp³-hybridized carbons (Fsp3) is 0. The summed E-state index contributed by atoms with van der Waals surface area (Å²) in [4.78, 5) is 3.40. The zero-order valence-electron chi connectivity index (χ0n) is 3.55. The number of nitrogens with one attached hydrogen (secondary N) is 1. The molecule has 0 amide bonds. The minimum absolute atomic E-state index is 0. The van der Waals surface area contributed by atoms with Crippen LogP contribution in [0.3, 0.4) is 0 Å². The van der Waals surface area contributed by atoms with E-state index in [4.69, 9.17) is 5.73 Å². The summed E-state index contributed by atoms with van der Waals surface area (Å²) in [6.45, 7) is 0. The van der Waals surface area contributed by atoms with E-state index >= 15 is 0 Å².